The Morgan fingerprint density at radius 2 is 2.10 bits per heavy atom. The standard InChI is InChI=1S/C14H18BrN3OS/c1-19-8-7-18-14(12(15)9-17-18)13(16)10-3-5-11(20-2)6-4-10/h3-6,9,13H,7-8,16H2,1-2H3. The van der Waals surface area contributed by atoms with Gasteiger partial charge in [0, 0.05) is 12.0 Å². The first-order valence-electron chi connectivity index (χ1n) is 6.27. The van der Waals surface area contributed by atoms with Gasteiger partial charge in [0.2, 0.25) is 0 Å². The molecule has 0 saturated heterocycles. The van der Waals surface area contributed by atoms with Crippen LogP contribution in [0.5, 0.6) is 0 Å². The Bertz CT molecular complexity index is 556. The average Bonchev–Trinajstić information content (AvgIpc) is 2.85. The second kappa shape index (κ2) is 7.26. The number of hydrogen-bond donors (Lipinski definition) is 1. The molecule has 0 bridgehead atoms. The summed E-state index contributed by atoms with van der Waals surface area (Å²) in [6.07, 6.45) is 3.84. The van der Waals surface area contributed by atoms with Crippen LogP contribution in [-0.4, -0.2) is 29.8 Å². The van der Waals surface area contributed by atoms with E-state index in [0.29, 0.717) is 13.2 Å². The van der Waals surface area contributed by atoms with E-state index in [9.17, 15) is 0 Å². The molecule has 4 nitrogen and oxygen atoms in total. The number of hydrogen-bond acceptors (Lipinski definition) is 4. The van der Waals surface area contributed by atoms with Gasteiger partial charge in [-0.05, 0) is 39.9 Å². The minimum atomic E-state index is -0.209. The monoisotopic (exact) mass is 355 g/mol. The van der Waals surface area contributed by atoms with Crippen LogP contribution in [-0.2, 0) is 11.3 Å². The van der Waals surface area contributed by atoms with Crippen LogP contribution < -0.4 is 5.73 Å². The van der Waals surface area contributed by atoms with Crippen molar-refractivity contribution < 1.29 is 4.74 Å². The van der Waals surface area contributed by atoms with Crippen LogP contribution in [0.4, 0.5) is 0 Å². The zero-order valence-corrected chi connectivity index (χ0v) is 13.9. The number of halogens is 1. The van der Waals surface area contributed by atoms with E-state index in [4.69, 9.17) is 10.5 Å². The Morgan fingerprint density at radius 1 is 1.40 bits per heavy atom. The third kappa shape index (κ3) is 3.44. The summed E-state index contributed by atoms with van der Waals surface area (Å²) in [6.45, 7) is 1.30. The first-order chi connectivity index (χ1) is 9.67. The Balaban J connectivity index is 2.26. The molecule has 20 heavy (non-hydrogen) atoms. The molecule has 0 radical (unpaired) electrons. The molecule has 2 N–H and O–H groups in total. The van der Waals surface area contributed by atoms with E-state index in [-0.39, 0.29) is 6.04 Å². The first kappa shape index (κ1) is 15.6. The molecule has 108 valence electrons. The Kier molecular flexibility index (Phi) is 5.65. The fourth-order valence-corrected chi connectivity index (χ4v) is 2.96. The van der Waals surface area contributed by atoms with Gasteiger partial charge in [-0.25, -0.2) is 0 Å². The van der Waals surface area contributed by atoms with Crippen molar-refractivity contribution in [2.24, 2.45) is 5.73 Å². The minimum absolute atomic E-state index is 0.209. The topological polar surface area (TPSA) is 53.1 Å². The number of rotatable bonds is 6. The van der Waals surface area contributed by atoms with Gasteiger partial charge >= 0.3 is 0 Å². The van der Waals surface area contributed by atoms with E-state index in [0.717, 1.165) is 15.7 Å². The van der Waals surface area contributed by atoms with Gasteiger partial charge in [-0.3, -0.25) is 4.68 Å². The molecule has 1 unspecified atom stereocenters. The normalized spacial score (nSPS) is 12.6. The van der Waals surface area contributed by atoms with E-state index in [2.05, 4.69) is 51.5 Å². The van der Waals surface area contributed by atoms with Gasteiger partial charge in [0.15, 0.2) is 0 Å². The van der Waals surface area contributed by atoms with Crippen molar-refractivity contribution in [3.63, 3.8) is 0 Å². The second-order valence-electron chi connectivity index (χ2n) is 4.34. The van der Waals surface area contributed by atoms with E-state index in [1.165, 1.54) is 4.90 Å². The number of benzene rings is 1. The molecule has 0 aliphatic carbocycles. The predicted molar refractivity (Wildman–Crippen MR) is 86.1 cm³/mol. The van der Waals surface area contributed by atoms with Crippen LogP contribution in [0.2, 0.25) is 0 Å². The maximum absolute atomic E-state index is 6.39. The van der Waals surface area contributed by atoms with Crippen LogP contribution >= 0.6 is 27.7 Å². The fraction of sp³-hybridized carbons (Fsp3) is 0.357. The van der Waals surface area contributed by atoms with Crippen molar-refractivity contribution in [3.05, 3.63) is 46.2 Å². The average molecular weight is 356 g/mol. The molecule has 0 fully saturated rings. The molecule has 2 rings (SSSR count). The van der Waals surface area contributed by atoms with Crippen molar-refractivity contribution in [2.75, 3.05) is 20.0 Å². The number of methoxy groups -OCH3 is 1. The lowest BCUT2D eigenvalue weighted by atomic mass is 10.0. The third-order valence-corrected chi connectivity index (χ3v) is 4.46. The summed E-state index contributed by atoms with van der Waals surface area (Å²) in [7, 11) is 1.68. The Hall–Kier alpha value is -0.820. The molecule has 0 aliphatic heterocycles. The molecule has 0 aliphatic rings. The first-order valence-corrected chi connectivity index (χ1v) is 8.28. The van der Waals surface area contributed by atoms with Crippen molar-refractivity contribution >= 4 is 27.7 Å². The molecule has 1 aromatic heterocycles. The van der Waals surface area contributed by atoms with Gasteiger partial charge in [-0.2, -0.15) is 5.10 Å². The van der Waals surface area contributed by atoms with Crippen molar-refractivity contribution in [3.8, 4) is 0 Å². The smallest absolute Gasteiger partial charge is 0.0739 e. The molecule has 0 amide bonds. The predicted octanol–water partition coefficient (Wildman–Crippen LogP) is 3.06. The number of aromatic nitrogens is 2. The molecule has 1 atom stereocenters. The van der Waals surface area contributed by atoms with Gasteiger partial charge < -0.3 is 10.5 Å². The molecular weight excluding hydrogens is 338 g/mol. The Labute approximate surface area is 131 Å². The molecule has 6 heteroatoms. The van der Waals surface area contributed by atoms with E-state index in [1.54, 1.807) is 25.1 Å². The van der Waals surface area contributed by atoms with Gasteiger partial charge in [0.05, 0.1) is 35.6 Å². The van der Waals surface area contributed by atoms with Crippen molar-refractivity contribution in [2.45, 2.75) is 17.5 Å². The summed E-state index contributed by atoms with van der Waals surface area (Å²) in [5, 5.41) is 4.34. The SMILES string of the molecule is COCCn1ncc(Br)c1C(N)c1ccc(SC)cc1. The lowest BCUT2D eigenvalue weighted by Crippen LogP contribution is -2.19. The van der Waals surface area contributed by atoms with E-state index >= 15 is 0 Å². The highest BCUT2D eigenvalue weighted by Crippen LogP contribution is 2.28. The van der Waals surface area contributed by atoms with Crippen LogP contribution in [0.3, 0.4) is 0 Å². The zero-order valence-electron chi connectivity index (χ0n) is 11.5. The third-order valence-electron chi connectivity index (χ3n) is 3.11. The highest BCUT2D eigenvalue weighted by molar-refractivity contribution is 9.10. The zero-order chi connectivity index (χ0) is 14.5. The summed E-state index contributed by atoms with van der Waals surface area (Å²) in [5.41, 5.74) is 8.43. The summed E-state index contributed by atoms with van der Waals surface area (Å²) in [6, 6.07) is 8.10. The van der Waals surface area contributed by atoms with Gasteiger partial charge in [-0.1, -0.05) is 12.1 Å². The maximum Gasteiger partial charge on any atom is 0.0739 e. The number of ether oxygens (including phenoxy) is 1. The van der Waals surface area contributed by atoms with Crippen LogP contribution in [0.25, 0.3) is 0 Å². The quantitative estimate of drug-likeness (QED) is 0.809. The number of nitrogens with two attached hydrogens (primary N) is 1. The summed E-state index contributed by atoms with van der Waals surface area (Å²) >= 11 is 5.25. The van der Waals surface area contributed by atoms with Crippen LogP contribution in [0.15, 0.2) is 39.8 Å². The summed E-state index contributed by atoms with van der Waals surface area (Å²) in [4.78, 5) is 1.23. The summed E-state index contributed by atoms with van der Waals surface area (Å²) in [5.74, 6) is 0. The summed E-state index contributed by atoms with van der Waals surface area (Å²) < 4.78 is 7.92. The second-order valence-corrected chi connectivity index (χ2v) is 6.08. The highest BCUT2D eigenvalue weighted by atomic mass is 79.9. The highest BCUT2D eigenvalue weighted by Gasteiger charge is 2.18. The Morgan fingerprint density at radius 3 is 2.70 bits per heavy atom. The molecule has 0 spiro atoms. The number of nitrogens with zero attached hydrogens (tertiary/aromatic N) is 2. The van der Waals surface area contributed by atoms with Crippen molar-refractivity contribution in [1.82, 2.24) is 9.78 Å². The minimum Gasteiger partial charge on any atom is -0.383 e. The molecule has 0 saturated carbocycles. The van der Waals surface area contributed by atoms with Crippen LogP contribution in [0, 0.1) is 0 Å². The number of thioether (sulfide) groups is 1. The molecule has 2 aromatic rings. The molecule has 1 aromatic carbocycles. The van der Waals surface area contributed by atoms with E-state index < -0.39 is 0 Å². The van der Waals surface area contributed by atoms with Gasteiger partial charge in [-0.15, -0.1) is 11.8 Å². The van der Waals surface area contributed by atoms with Gasteiger partial charge in [0.25, 0.3) is 0 Å². The van der Waals surface area contributed by atoms with Gasteiger partial charge in [0.1, 0.15) is 0 Å². The fourth-order valence-electron chi connectivity index (χ4n) is 2.01. The van der Waals surface area contributed by atoms with Crippen LogP contribution in [0.1, 0.15) is 17.3 Å². The molecular formula is C14H18BrN3OS. The van der Waals surface area contributed by atoms with E-state index in [1.807, 2.05) is 4.68 Å². The molecule has 1 heterocycles. The van der Waals surface area contributed by atoms with Crippen molar-refractivity contribution in [1.29, 1.82) is 0 Å². The lowest BCUT2D eigenvalue weighted by molar-refractivity contribution is 0.182. The largest absolute Gasteiger partial charge is 0.383 e. The maximum atomic E-state index is 6.39. The lowest BCUT2D eigenvalue weighted by Gasteiger charge is -2.16.